The Hall–Kier alpha value is -0.760. The average Bonchev–Trinajstić information content (AvgIpc) is 2.49. The maximum absolute atomic E-state index is 6.27. The van der Waals surface area contributed by atoms with Gasteiger partial charge in [-0.05, 0) is 35.8 Å². The molecule has 1 aliphatic carbocycles. The molecule has 1 aromatic rings. The van der Waals surface area contributed by atoms with Crippen LogP contribution in [0.15, 0.2) is 16.5 Å². The van der Waals surface area contributed by atoms with Crippen molar-refractivity contribution in [2.45, 2.75) is 40.7 Å². The van der Waals surface area contributed by atoms with E-state index in [2.05, 4.69) is 27.7 Å². The van der Waals surface area contributed by atoms with Crippen LogP contribution in [0.3, 0.4) is 0 Å². The first-order valence-corrected chi connectivity index (χ1v) is 5.60. The standard InChI is InChI=1S/C13H21NO/c1-8-6-7-9(15-8)10(14)11-12(2,3)13(11,4)5/h6-7,10-11H,14H2,1-5H3. The summed E-state index contributed by atoms with van der Waals surface area (Å²) in [6.07, 6.45) is 0. The highest BCUT2D eigenvalue weighted by Gasteiger charge is 2.67. The number of furan rings is 1. The molecule has 2 N–H and O–H groups in total. The van der Waals surface area contributed by atoms with Gasteiger partial charge in [0.15, 0.2) is 0 Å². The van der Waals surface area contributed by atoms with Crippen molar-refractivity contribution in [3.05, 3.63) is 23.7 Å². The minimum atomic E-state index is 0.0312. The molecule has 1 heterocycles. The SMILES string of the molecule is Cc1ccc(C(N)C2C(C)(C)C2(C)C)o1. The Morgan fingerprint density at radius 3 is 2.07 bits per heavy atom. The molecule has 0 bridgehead atoms. The lowest BCUT2D eigenvalue weighted by atomic mass is 10.0. The highest BCUT2D eigenvalue weighted by molar-refractivity contribution is 5.21. The predicted molar refractivity (Wildman–Crippen MR) is 61.4 cm³/mol. The number of hydrogen-bond donors (Lipinski definition) is 1. The Morgan fingerprint density at radius 2 is 1.73 bits per heavy atom. The van der Waals surface area contributed by atoms with Crippen LogP contribution in [0.1, 0.15) is 45.3 Å². The van der Waals surface area contributed by atoms with E-state index in [0.717, 1.165) is 11.5 Å². The molecule has 0 spiro atoms. The topological polar surface area (TPSA) is 39.2 Å². The Balaban J connectivity index is 2.21. The van der Waals surface area contributed by atoms with Crippen LogP contribution in [-0.2, 0) is 0 Å². The van der Waals surface area contributed by atoms with Crippen molar-refractivity contribution in [1.29, 1.82) is 0 Å². The van der Waals surface area contributed by atoms with Gasteiger partial charge in [0.25, 0.3) is 0 Å². The zero-order valence-electron chi connectivity index (χ0n) is 10.3. The summed E-state index contributed by atoms with van der Waals surface area (Å²) < 4.78 is 5.61. The van der Waals surface area contributed by atoms with Crippen molar-refractivity contribution in [2.75, 3.05) is 0 Å². The van der Waals surface area contributed by atoms with Crippen LogP contribution >= 0.6 is 0 Å². The van der Waals surface area contributed by atoms with Gasteiger partial charge in [0, 0.05) is 0 Å². The van der Waals surface area contributed by atoms with Crippen LogP contribution in [0.2, 0.25) is 0 Å². The fourth-order valence-corrected chi connectivity index (χ4v) is 2.94. The molecule has 1 fully saturated rings. The lowest BCUT2D eigenvalue weighted by molar-refractivity contribution is 0.390. The summed E-state index contributed by atoms with van der Waals surface area (Å²) in [5, 5.41) is 0. The molecule has 1 atom stereocenters. The molecule has 0 aromatic carbocycles. The third-order valence-electron chi connectivity index (χ3n) is 4.58. The minimum Gasteiger partial charge on any atom is -0.465 e. The van der Waals surface area contributed by atoms with Gasteiger partial charge in [-0.2, -0.15) is 0 Å². The maximum atomic E-state index is 6.27. The summed E-state index contributed by atoms with van der Waals surface area (Å²) >= 11 is 0. The van der Waals surface area contributed by atoms with Gasteiger partial charge in [-0.15, -0.1) is 0 Å². The Bertz CT molecular complexity index is 362. The van der Waals surface area contributed by atoms with Crippen LogP contribution in [-0.4, -0.2) is 0 Å². The number of rotatable bonds is 2. The van der Waals surface area contributed by atoms with Crippen LogP contribution in [0.25, 0.3) is 0 Å². The smallest absolute Gasteiger partial charge is 0.121 e. The Labute approximate surface area is 91.8 Å². The quantitative estimate of drug-likeness (QED) is 0.808. The Kier molecular flexibility index (Phi) is 2.06. The summed E-state index contributed by atoms with van der Waals surface area (Å²) in [4.78, 5) is 0. The van der Waals surface area contributed by atoms with E-state index in [0.29, 0.717) is 16.7 Å². The van der Waals surface area contributed by atoms with E-state index in [9.17, 15) is 0 Å². The molecule has 0 aliphatic heterocycles. The van der Waals surface area contributed by atoms with E-state index >= 15 is 0 Å². The van der Waals surface area contributed by atoms with Gasteiger partial charge in [-0.25, -0.2) is 0 Å². The highest BCUT2D eigenvalue weighted by Crippen LogP contribution is 2.71. The van der Waals surface area contributed by atoms with Crippen LogP contribution in [0.4, 0.5) is 0 Å². The van der Waals surface area contributed by atoms with Gasteiger partial charge in [-0.1, -0.05) is 27.7 Å². The maximum Gasteiger partial charge on any atom is 0.121 e. The van der Waals surface area contributed by atoms with Gasteiger partial charge in [0.05, 0.1) is 6.04 Å². The fraction of sp³-hybridized carbons (Fsp3) is 0.692. The zero-order chi connectivity index (χ0) is 11.4. The molecule has 0 amide bonds. The molecular formula is C13H21NO. The van der Waals surface area contributed by atoms with Gasteiger partial charge in [-0.3, -0.25) is 0 Å². The van der Waals surface area contributed by atoms with Crippen molar-refractivity contribution in [1.82, 2.24) is 0 Å². The van der Waals surface area contributed by atoms with Crippen molar-refractivity contribution >= 4 is 0 Å². The lowest BCUT2D eigenvalue weighted by Crippen LogP contribution is -2.15. The van der Waals surface area contributed by atoms with E-state index in [1.54, 1.807) is 0 Å². The fourth-order valence-electron chi connectivity index (χ4n) is 2.94. The van der Waals surface area contributed by atoms with E-state index < -0.39 is 0 Å². The van der Waals surface area contributed by atoms with E-state index in [1.165, 1.54) is 0 Å². The second-order valence-corrected chi connectivity index (χ2v) is 5.90. The van der Waals surface area contributed by atoms with Gasteiger partial charge in [0.1, 0.15) is 11.5 Å². The van der Waals surface area contributed by atoms with E-state index in [1.807, 2.05) is 19.1 Å². The third-order valence-corrected chi connectivity index (χ3v) is 4.58. The molecule has 1 saturated carbocycles. The second kappa shape index (κ2) is 2.88. The van der Waals surface area contributed by atoms with Crippen LogP contribution in [0.5, 0.6) is 0 Å². The molecule has 2 heteroatoms. The average molecular weight is 207 g/mol. The molecule has 1 unspecified atom stereocenters. The van der Waals surface area contributed by atoms with Crippen molar-refractivity contribution in [3.63, 3.8) is 0 Å². The number of nitrogens with two attached hydrogens (primary N) is 1. The molecule has 15 heavy (non-hydrogen) atoms. The second-order valence-electron chi connectivity index (χ2n) is 5.90. The van der Waals surface area contributed by atoms with Crippen LogP contribution in [0, 0.1) is 23.7 Å². The molecule has 0 radical (unpaired) electrons. The number of aryl methyl sites for hydroxylation is 1. The van der Waals surface area contributed by atoms with E-state index in [-0.39, 0.29) is 6.04 Å². The summed E-state index contributed by atoms with van der Waals surface area (Å²) in [5.41, 5.74) is 6.90. The Morgan fingerprint density at radius 1 is 1.20 bits per heavy atom. The van der Waals surface area contributed by atoms with Crippen molar-refractivity contribution in [3.8, 4) is 0 Å². The summed E-state index contributed by atoms with van der Waals surface area (Å²) in [7, 11) is 0. The molecule has 1 aliphatic rings. The van der Waals surface area contributed by atoms with Crippen LogP contribution < -0.4 is 5.73 Å². The molecule has 2 rings (SSSR count). The predicted octanol–water partition coefficient (Wildman–Crippen LogP) is 3.27. The monoisotopic (exact) mass is 207 g/mol. The highest BCUT2D eigenvalue weighted by atomic mass is 16.3. The largest absolute Gasteiger partial charge is 0.465 e. The molecule has 2 nitrogen and oxygen atoms in total. The third kappa shape index (κ3) is 1.35. The molecule has 84 valence electrons. The van der Waals surface area contributed by atoms with Crippen molar-refractivity contribution in [2.24, 2.45) is 22.5 Å². The first-order valence-electron chi connectivity index (χ1n) is 5.60. The first kappa shape index (κ1) is 10.7. The molecule has 0 saturated heterocycles. The van der Waals surface area contributed by atoms with Gasteiger partial charge in [0.2, 0.25) is 0 Å². The summed E-state index contributed by atoms with van der Waals surface area (Å²) in [6.45, 7) is 11.1. The lowest BCUT2D eigenvalue weighted by Gasteiger charge is -2.10. The van der Waals surface area contributed by atoms with Crippen molar-refractivity contribution < 1.29 is 4.42 Å². The molecule has 1 aromatic heterocycles. The van der Waals surface area contributed by atoms with Gasteiger partial charge >= 0.3 is 0 Å². The number of hydrogen-bond acceptors (Lipinski definition) is 2. The zero-order valence-corrected chi connectivity index (χ0v) is 10.3. The normalized spacial score (nSPS) is 25.2. The van der Waals surface area contributed by atoms with E-state index in [4.69, 9.17) is 10.2 Å². The minimum absolute atomic E-state index is 0.0312. The summed E-state index contributed by atoms with van der Waals surface area (Å²) in [5.74, 6) is 2.38. The summed E-state index contributed by atoms with van der Waals surface area (Å²) in [6, 6.07) is 4.02. The van der Waals surface area contributed by atoms with Gasteiger partial charge < -0.3 is 10.2 Å². The molecular weight excluding hydrogens is 186 g/mol. The first-order chi connectivity index (χ1) is 6.78.